The molecule has 1 aromatic carbocycles. The Kier molecular flexibility index (Phi) is 6.48. The van der Waals surface area contributed by atoms with Crippen molar-refractivity contribution in [3.63, 3.8) is 0 Å². The number of carbonyl (C=O) groups excluding carboxylic acids is 3. The van der Waals surface area contributed by atoms with E-state index in [0.29, 0.717) is 18.7 Å². The van der Waals surface area contributed by atoms with Crippen LogP contribution in [0.5, 0.6) is 0 Å². The second kappa shape index (κ2) is 9.02. The van der Waals surface area contributed by atoms with Crippen molar-refractivity contribution in [2.24, 2.45) is 5.92 Å². The van der Waals surface area contributed by atoms with Gasteiger partial charge in [-0.2, -0.15) is 0 Å². The molecule has 0 radical (unpaired) electrons. The summed E-state index contributed by atoms with van der Waals surface area (Å²) < 4.78 is 0. The summed E-state index contributed by atoms with van der Waals surface area (Å²) in [5.74, 6) is 0.173. The highest BCUT2D eigenvalue weighted by atomic mass is 16.2. The van der Waals surface area contributed by atoms with E-state index >= 15 is 0 Å². The number of piperazine rings is 1. The van der Waals surface area contributed by atoms with Crippen molar-refractivity contribution in [1.29, 1.82) is 0 Å². The van der Waals surface area contributed by atoms with Crippen LogP contribution >= 0.6 is 0 Å². The Hall–Kier alpha value is -2.37. The Labute approximate surface area is 160 Å². The largest absolute Gasteiger partial charge is 0.368 e. The van der Waals surface area contributed by atoms with Gasteiger partial charge in [-0.3, -0.25) is 14.4 Å². The molecule has 0 unspecified atom stereocenters. The first kappa shape index (κ1) is 19.4. The number of amides is 2. The summed E-state index contributed by atoms with van der Waals surface area (Å²) in [5, 5.41) is 2.83. The van der Waals surface area contributed by atoms with Gasteiger partial charge in [-0.1, -0.05) is 19.3 Å². The summed E-state index contributed by atoms with van der Waals surface area (Å²) in [6, 6.07) is 7.60. The van der Waals surface area contributed by atoms with Crippen molar-refractivity contribution >= 4 is 23.3 Å². The van der Waals surface area contributed by atoms with Gasteiger partial charge in [0.15, 0.2) is 5.78 Å². The van der Waals surface area contributed by atoms with E-state index in [9.17, 15) is 14.4 Å². The average Bonchev–Trinajstić information content (AvgIpc) is 2.72. The van der Waals surface area contributed by atoms with Crippen molar-refractivity contribution < 1.29 is 14.4 Å². The third-order valence-electron chi connectivity index (χ3n) is 5.66. The van der Waals surface area contributed by atoms with Crippen molar-refractivity contribution in [1.82, 2.24) is 10.2 Å². The topological polar surface area (TPSA) is 69.7 Å². The number of nitrogens with zero attached hydrogens (tertiary/aromatic N) is 2. The van der Waals surface area contributed by atoms with Gasteiger partial charge in [-0.15, -0.1) is 0 Å². The number of ketones is 1. The quantitative estimate of drug-likeness (QED) is 0.806. The molecule has 27 heavy (non-hydrogen) atoms. The van der Waals surface area contributed by atoms with E-state index in [-0.39, 0.29) is 30.1 Å². The number of hydrogen-bond acceptors (Lipinski definition) is 4. The first-order valence-corrected chi connectivity index (χ1v) is 9.96. The van der Waals surface area contributed by atoms with E-state index in [1.165, 1.54) is 6.42 Å². The zero-order chi connectivity index (χ0) is 19.2. The number of benzene rings is 1. The Morgan fingerprint density at radius 2 is 1.59 bits per heavy atom. The lowest BCUT2D eigenvalue weighted by molar-refractivity contribution is -0.134. The van der Waals surface area contributed by atoms with Crippen LogP contribution in [0.25, 0.3) is 0 Å². The fourth-order valence-electron chi connectivity index (χ4n) is 3.90. The van der Waals surface area contributed by atoms with Gasteiger partial charge in [-0.05, 0) is 44.0 Å². The van der Waals surface area contributed by atoms with Crippen LogP contribution in [0.4, 0.5) is 5.69 Å². The van der Waals surface area contributed by atoms with Crippen LogP contribution in [0.2, 0.25) is 0 Å². The molecule has 1 aromatic rings. The third-order valence-corrected chi connectivity index (χ3v) is 5.66. The van der Waals surface area contributed by atoms with Crippen molar-refractivity contribution in [2.45, 2.75) is 39.0 Å². The van der Waals surface area contributed by atoms with Crippen molar-refractivity contribution in [3.05, 3.63) is 29.8 Å². The predicted octanol–water partition coefficient (Wildman–Crippen LogP) is 2.23. The molecule has 0 spiro atoms. The van der Waals surface area contributed by atoms with Crippen LogP contribution in [0.3, 0.4) is 0 Å². The van der Waals surface area contributed by atoms with Gasteiger partial charge in [0.1, 0.15) is 0 Å². The summed E-state index contributed by atoms with van der Waals surface area (Å²) in [4.78, 5) is 40.0. The molecule has 6 heteroatoms. The van der Waals surface area contributed by atoms with E-state index in [2.05, 4.69) is 10.2 Å². The summed E-state index contributed by atoms with van der Waals surface area (Å²) >= 11 is 0. The monoisotopic (exact) mass is 371 g/mol. The lowest BCUT2D eigenvalue weighted by atomic mass is 9.89. The first-order valence-electron chi connectivity index (χ1n) is 9.96. The molecule has 0 bridgehead atoms. The summed E-state index contributed by atoms with van der Waals surface area (Å²) in [5.41, 5.74) is 1.78. The van der Waals surface area contributed by atoms with E-state index in [1.807, 2.05) is 29.2 Å². The Morgan fingerprint density at radius 1 is 0.963 bits per heavy atom. The zero-order valence-corrected chi connectivity index (χ0v) is 16.1. The Bertz CT molecular complexity index is 672. The van der Waals surface area contributed by atoms with E-state index < -0.39 is 0 Å². The summed E-state index contributed by atoms with van der Waals surface area (Å²) in [6.07, 6.45) is 5.33. The van der Waals surface area contributed by atoms with Gasteiger partial charge in [0.2, 0.25) is 11.8 Å². The molecule has 1 heterocycles. The maximum atomic E-state index is 12.4. The highest BCUT2D eigenvalue weighted by Gasteiger charge is 2.24. The molecule has 1 aliphatic heterocycles. The number of anilines is 1. The van der Waals surface area contributed by atoms with Gasteiger partial charge < -0.3 is 15.1 Å². The van der Waals surface area contributed by atoms with Gasteiger partial charge in [-0.25, -0.2) is 0 Å². The number of nitrogens with one attached hydrogen (secondary N) is 1. The zero-order valence-electron chi connectivity index (χ0n) is 16.1. The molecule has 1 aliphatic carbocycles. The lowest BCUT2D eigenvalue weighted by Crippen LogP contribution is -2.51. The average molecular weight is 371 g/mol. The molecule has 2 amide bonds. The predicted molar refractivity (Wildman–Crippen MR) is 105 cm³/mol. The maximum Gasteiger partial charge on any atom is 0.242 e. The highest BCUT2D eigenvalue weighted by Crippen LogP contribution is 2.23. The Balaban J connectivity index is 1.43. The number of carbonyl (C=O) groups is 3. The highest BCUT2D eigenvalue weighted by molar-refractivity contribution is 5.94. The number of rotatable bonds is 5. The second-order valence-corrected chi connectivity index (χ2v) is 7.52. The molecular formula is C21H29N3O3. The minimum atomic E-state index is -0.00858. The van der Waals surface area contributed by atoms with Gasteiger partial charge >= 0.3 is 0 Å². The molecule has 1 N–H and O–H groups in total. The molecule has 1 saturated heterocycles. The van der Waals surface area contributed by atoms with E-state index in [1.54, 1.807) is 6.92 Å². The van der Waals surface area contributed by atoms with E-state index in [0.717, 1.165) is 44.5 Å². The fourth-order valence-corrected chi connectivity index (χ4v) is 3.90. The smallest absolute Gasteiger partial charge is 0.242 e. The second-order valence-electron chi connectivity index (χ2n) is 7.52. The van der Waals surface area contributed by atoms with Crippen LogP contribution in [0, 0.1) is 5.92 Å². The third kappa shape index (κ3) is 5.08. The van der Waals surface area contributed by atoms with Crippen LogP contribution < -0.4 is 10.2 Å². The molecule has 1 saturated carbocycles. The van der Waals surface area contributed by atoms with Crippen LogP contribution in [0.1, 0.15) is 49.4 Å². The lowest BCUT2D eigenvalue weighted by Gasteiger charge is -2.36. The first-order chi connectivity index (χ1) is 13.0. The molecule has 2 fully saturated rings. The standard InChI is InChI=1S/C21H29N3O3/c1-16(25)17-7-9-19(10-8-17)23-11-13-24(14-12-23)20(26)15-22-21(27)18-5-3-2-4-6-18/h7-10,18H,2-6,11-15H2,1H3,(H,22,27). The minimum Gasteiger partial charge on any atom is -0.368 e. The van der Waals surface area contributed by atoms with Crippen molar-refractivity contribution in [2.75, 3.05) is 37.6 Å². The molecular weight excluding hydrogens is 342 g/mol. The fraction of sp³-hybridized carbons (Fsp3) is 0.571. The summed E-state index contributed by atoms with van der Waals surface area (Å²) in [6.45, 7) is 4.46. The van der Waals surface area contributed by atoms with Gasteiger partial charge in [0.25, 0.3) is 0 Å². The minimum absolute atomic E-state index is 0.00858. The molecule has 0 atom stereocenters. The molecule has 146 valence electrons. The molecule has 6 nitrogen and oxygen atoms in total. The van der Waals surface area contributed by atoms with Gasteiger partial charge in [0, 0.05) is 43.3 Å². The van der Waals surface area contributed by atoms with Crippen molar-refractivity contribution in [3.8, 4) is 0 Å². The van der Waals surface area contributed by atoms with Crippen LogP contribution in [0.15, 0.2) is 24.3 Å². The van der Waals surface area contributed by atoms with Gasteiger partial charge in [0.05, 0.1) is 6.54 Å². The van der Waals surface area contributed by atoms with Crippen LogP contribution in [-0.2, 0) is 9.59 Å². The molecule has 3 rings (SSSR count). The number of Topliss-reactive ketones (excluding diaryl/α,β-unsaturated/α-hetero) is 1. The SMILES string of the molecule is CC(=O)c1ccc(N2CCN(C(=O)CNC(=O)C3CCCCC3)CC2)cc1. The Morgan fingerprint density at radius 3 is 2.19 bits per heavy atom. The maximum absolute atomic E-state index is 12.4. The molecule has 2 aliphatic rings. The number of hydrogen-bond donors (Lipinski definition) is 1. The van der Waals surface area contributed by atoms with Crippen LogP contribution in [-0.4, -0.2) is 55.2 Å². The summed E-state index contributed by atoms with van der Waals surface area (Å²) in [7, 11) is 0. The van der Waals surface area contributed by atoms with E-state index in [4.69, 9.17) is 0 Å². The normalized spacial score (nSPS) is 18.3. The molecule has 0 aromatic heterocycles.